The van der Waals surface area contributed by atoms with E-state index >= 15 is 0 Å². The molecule has 0 aliphatic carbocycles. The number of ether oxygens (including phenoxy) is 1. The predicted molar refractivity (Wildman–Crippen MR) is 45.6 cm³/mol. The minimum absolute atomic E-state index is 0.0675. The monoisotopic (exact) mass is 172 g/mol. The standard InChI is InChI=1S/C8H16N2O2/c1-6(5-12-2)3-10-4-7(9)8(10)11/h6-7H,3-5,9H2,1-2H3. The van der Waals surface area contributed by atoms with Gasteiger partial charge in [-0.25, -0.2) is 0 Å². The smallest absolute Gasteiger partial charge is 0.241 e. The Hall–Kier alpha value is -0.610. The van der Waals surface area contributed by atoms with Crippen molar-refractivity contribution < 1.29 is 9.53 Å². The largest absolute Gasteiger partial charge is 0.384 e. The van der Waals surface area contributed by atoms with Crippen LogP contribution in [0.4, 0.5) is 0 Å². The summed E-state index contributed by atoms with van der Waals surface area (Å²) < 4.78 is 4.97. The van der Waals surface area contributed by atoms with Gasteiger partial charge in [-0.1, -0.05) is 6.92 Å². The molecule has 4 heteroatoms. The molecule has 2 N–H and O–H groups in total. The van der Waals surface area contributed by atoms with Crippen molar-refractivity contribution in [2.75, 3.05) is 26.8 Å². The van der Waals surface area contributed by atoms with Crippen molar-refractivity contribution in [1.29, 1.82) is 0 Å². The summed E-state index contributed by atoms with van der Waals surface area (Å²) in [6, 6.07) is -0.250. The van der Waals surface area contributed by atoms with Gasteiger partial charge in [0.1, 0.15) is 6.04 Å². The lowest BCUT2D eigenvalue weighted by atomic mass is 10.1. The van der Waals surface area contributed by atoms with Gasteiger partial charge in [0, 0.05) is 20.2 Å². The third-order valence-corrected chi connectivity index (χ3v) is 2.03. The van der Waals surface area contributed by atoms with E-state index in [1.54, 1.807) is 12.0 Å². The first-order valence-electron chi connectivity index (χ1n) is 4.18. The fourth-order valence-electron chi connectivity index (χ4n) is 1.41. The molecule has 2 atom stereocenters. The lowest BCUT2D eigenvalue weighted by molar-refractivity contribution is -0.143. The predicted octanol–water partition coefficient (Wildman–Crippen LogP) is -0.562. The molecule has 0 bridgehead atoms. The van der Waals surface area contributed by atoms with Crippen LogP contribution in [0.5, 0.6) is 0 Å². The summed E-state index contributed by atoms with van der Waals surface area (Å²) in [5, 5.41) is 0. The Morgan fingerprint density at radius 2 is 2.50 bits per heavy atom. The molecule has 1 rings (SSSR count). The third-order valence-electron chi connectivity index (χ3n) is 2.03. The van der Waals surface area contributed by atoms with E-state index in [0.29, 0.717) is 19.1 Å². The maximum Gasteiger partial charge on any atom is 0.241 e. The van der Waals surface area contributed by atoms with Crippen LogP contribution in [0.25, 0.3) is 0 Å². The van der Waals surface area contributed by atoms with Crippen molar-refractivity contribution in [2.45, 2.75) is 13.0 Å². The van der Waals surface area contributed by atoms with Gasteiger partial charge in [0.15, 0.2) is 0 Å². The molecular weight excluding hydrogens is 156 g/mol. The Morgan fingerprint density at radius 1 is 1.83 bits per heavy atom. The minimum atomic E-state index is -0.250. The first-order chi connectivity index (χ1) is 5.65. The van der Waals surface area contributed by atoms with Crippen molar-refractivity contribution >= 4 is 5.91 Å². The average molecular weight is 172 g/mol. The molecule has 70 valence electrons. The van der Waals surface area contributed by atoms with Crippen LogP contribution in [0.1, 0.15) is 6.92 Å². The van der Waals surface area contributed by atoms with Crippen molar-refractivity contribution in [3.63, 3.8) is 0 Å². The Balaban J connectivity index is 2.20. The first-order valence-corrected chi connectivity index (χ1v) is 4.18. The fraction of sp³-hybridized carbons (Fsp3) is 0.875. The molecule has 0 aromatic heterocycles. The molecular formula is C8H16N2O2. The average Bonchev–Trinajstić information content (AvgIpc) is 2.04. The van der Waals surface area contributed by atoms with Crippen LogP contribution >= 0.6 is 0 Å². The molecule has 0 saturated carbocycles. The number of carbonyl (C=O) groups is 1. The Kier molecular flexibility index (Phi) is 3.05. The van der Waals surface area contributed by atoms with Gasteiger partial charge in [-0.3, -0.25) is 4.79 Å². The van der Waals surface area contributed by atoms with E-state index in [2.05, 4.69) is 6.92 Å². The van der Waals surface area contributed by atoms with Gasteiger partial charge in [-0.15, -0.1) is 0 Å². The molecule has 1 fully saturated rings. The molecule has 1 amide bonds. The second kappa shape index (κ2) is 3.87. The van der Waals surface area contributed by atoms with E-state index < -0.39 is 0 Å². The van der Waals surface area contributed by atoms with E-state index in [-0.39, 0.29) is 11.9 Å². The van der Waals surface area contributed by atoms with Gasteiger partial charge >= 0.3 is 0 Å². The van der Waals surface area contributed by atoms with Crippen LogP contribution < -0.4 is 5.73 Å². The van der Waals surface area contributed by atoms with Crippen molar-refractivity contribution in [2.24, 2.45) is 11.7 Å². The summed E-state index contributed by atoms with van der Waals surface area (Å²) in [5.41, 5.74) is 5.44. The Morgan fingerprint density at radius 3 is 2.92 bits per heavy atom. The second-order valence-electron chi connectivity index (χ2n) is 3.41. The summed E-state index contributed by atoms with van der Waals surface area (Å²) in [7, 11) is 1.67. The first kappa shape index (κ1) is 9.48. The molecule has 2 unspecified atom stereocenters. The number of carbonyl (C=O) groups excluding carboxylic acids is 1. The van der Waals surface area contributed by atoms with Gasteiger partial charge in [0.25, 0.3) is 0 Å². The van der Waals surface area contributed by atoms with E-state index in [4.69, 9.17) is 10.5 Å². The van der Waals surface area contributed by atoms with Crippen molar-refractivity contribution in [3.05, 3.63) is 0 Å². The maximum absolute atomic E-state index is 11.1. The number of hydrogen-bond acceptors (Lipinski definition) is 3. The summed E-state index contributed by atoms with van der Waals surface area (Å²) in [4.78, 5) is 12.8. The Labute approximate surface area is 72.7 Å². The molecule has 1 aliphatic heterocycles. The molecule has 4 nitrogen and oxygen atoms in total. The summed E-state index contributed by atoms with van der Waals surface area (Å²) in [6.07, 6.45) is 0. The molecule has 1 aliphatic rings. The number of rotatable bonds is 4. The van der Waals surface area contributed by atoms with Crippen molar-refractivity contribution in [3.8, 4) is 0 Å². The zero-order valence-corrected chi connectivity index (χ0v) is 7.62. The zero-order valence-electron chi connectivity index (χ0n) is 7.62. The molecule has 12 heavy (non-hydrogen) atoms. The van der Waals surface area contributed by atoms with Crippen LogP contribution in [0.2, 0.25) is 0 Å². The highest BCUT2D eigenvalue weighted by Gasteiger charge is 2.33. The zero-order chi connectivity index (χ0) is 9.14. The van der Waals surface area contributed by atoms with Crippen LogP contribution in [-0.2, 0) is 9.53 Å². The fourth-order valence-corrected chi connectivity index (χ4v) is 1.41. The van der Waals surface area contributed by atoms with E-state index in [1.165, 1.54) is 0 Å². The van der Waals surface area contributed by atoms with Gasteiger partial charge < -0.3 is 15.4 Å². The number of nitrogens with two attached hydrogens (primary N) is 1. The molecule has 1 saturated heterocycles. The van der Waals surface area contributed by atoms with Crippen LogP contribution in [0, 0.1) is 5.92 Å². The quantitative estimate of drug-likeness (QED) is 0.578. The van der Waals surface area contributed by atoms with Crippen LogP contribution in [-0.4, -0.2) is 43.7 Å². The van der Waals surface area contributed by atoms with E-state index in [9.17, 15) is 4.79 Å². The highest BCUT2D eigenvalue weighted by atomic mass is 16.5. The minimum Gasteiger partial charge on any atom is -0.384 e. The van der Waals surface area contributed by atoms with Gasteiger partial charge in [-0.05, 0) is 5.92 Å². The summed E-state index contributed by atoms with van der Waals surface area (Å²) in [6.45, 7) is 4.22. The third kappa shape index (κ3) is 1.95. The van der Waals surface area contributed by atoms with Gasteiger partial charge in [0.05, 0.1) is 6.61 Å². The number of nitrogens with zero attached hydrogens (tertiary/aromatic N) is 1. The highest BCUT2D eigenvalue weighted by molar-refractivity contribution is 5.87. The second-order valence-corrected chi connectivity index (χ2v) is 3.41. The van der Waals surface area contributed by atoms with Gasteiger partial charge in [-0.2, -0.15) is 0 Å². The summed E-state index contributed by atoms with van der Waals surface area (Å²) in [5.74, 6) is 0.462. The van der Waals surface area contributed by atoms with Crippen LogP contribution in [0.3, 0.4) is 0 Å². The number of β-lactam (4-membered cyclic amide) rings is 1. The summed E-state index contributed by atoms with van der Waals surface area (Å²) >= 11 is 0. The van der Waals surface area contributed by atoms with Gasteiger partial charge in [0.2, 0.25) is 5.91 Å². The molecule has 0 aromatic carbocycles. The highest BCUT2D eigenvalue weighted by Crippen LogP contribution is 2.10. The lowest BCUT2D eigenvalue weighted by Gasteiger charge is -2.37. The maximum atomic E-state index is 11.1. The Bertz CT molecular complexity index is 172. The normalized spacial score (nSPS) is 25.4. The van der Waals surface area contributed by atoms with Crippen LogP contribution in [0.15, 0.2) is 0 Å². The molecule has 1 heterocycles. The topological polar surface area (TPSA) is 55.6 Å². The lowest BCUT2D eigenvalue weighted by Crippen LogP contribution is -2.61. The number of likely N-dealkylation sites (tertiary alicyclic amines) is 1. The number of methoxy groups -OCH3 is 1. The van der Waals surface area contributed by atoms with Crippen molar-refractivity contribution in [1.82, 2.24) is 4.90 Å². The molecule has 0 radical (unpaired) electrons. The van der Waals surface area contributed by atoms with E-state index in [1.807, 2.05) is 0 Å². The molecule has 0 spiro atoms. The molecule has 0 aromatic rings. The van der Waals surface area contributed by atoms with E-state index in [0.717, 1.165) is 6.54 Å². The number of hydrogen-bond donors (Lipinski definition) is 1. The SMILES string of the molecule is COCC(C)CN1CC(N)C1=O. The number of amides is 1.